The molecule has 0 saturated carbocycles. The second kappa shape index (κ2) is 8.97. The fraction of sp³-hybridized carbons (Fsp3) is 0.450. The minimum absolute atomic E-state index is 0.0146. The molecule has 1 fully saturated rings. The average molecular weight is 430 g/mol. The first-order chi connectivity index (χ1) is 14.5. The molecule has 2 aromatic rings. The van der Waals surface area contributed by atoms with Crippen molar-refractivity contribution in [3.63, 3.8) is 0 Å². The number of amides is 1. The van der Waals surface area contributed by atoms with E-state index >= 15 is 0 Å². The molecule has 0 spiro atoms. The summed E-state index contributed by atoms with van der Waals surface area (Å²) >= 11 is 1.20. The van der Waals surface area contributed by atoms with Crippen molar-refractivity contribution in [3.05, 3.63) is 56.1 Å². The van der Waals surface area contributed by atoms with Crippen LogP contribution in [-0.2, 0) is 28.9 Å². The third kappa shape index (κ3) is 4.39. The predicted molar refractivity (Wildman–Crippen MR) is 112 cm³/mol. The lowest BCUT2D eigenvalue weighted by atomic mass is 10.2. The highest BCUT2D eigenvalue weighted by atomic mass is 32.2. The highest BCUT2D eigenvalue weighted by molar-refractivity contribution is 8.00. The molecule has 0 unspecified atom stereocenters. The van der Waals surface area contributed by atoms with Crippen LogP contribution in [0.25, 0.3) is 0 Å². The van der Waals surface area contributed by atoms with Gasteiger partial charge < -0.3 is 10.1 Å². The fourth-order valence-corrected chi connectivity index (χ4v) is 4.82. The number of benzene rings is 1. The lowest BCUT2D eigenvalue weighted by Gasteiger charge is -2.17. The lowest BCUT2D eigenvalue weighted by Crippen LogP contribution is -2.31. The molecule has 1 aromatic heterocycles. The van der Waals surface area contributed by atoms with Gasteiger partial charge in [-0.25, -0.2) is 4.79 Å². The quantitative estimate of drug-likeness (QED) is 0.310. The number of rotatable bonds is 7. The zero-order chi connectivity index (χ0) is 21.1. The van der Waals surface area contributed by atoms with Crippen LogP contribution in [0.3, 0.4) is 0 Å². The normalized spacial score (nSPS) is 17.7. The van der Waals surface area contributed by atoms with Crippen LogP contribution in [0.2, 0.25) is 0 Å². The summed E-state index contributed by atoms with van der Waals surface area (Å²) < 4.78 is 7.40. The molecule has 1 amide bonds. The van der Waals surface area contributed by atoms with Crippen LogP contribution >= 0.6 is 11.8 Å². The van der Waals surface area contributed by atoms with E-state index in [1.807, 2.05) is 0 Å². The molecular formula is C20H22N4O5S. The molecule has 4 rings (SSSR count). The van der Waals surface area contributed by atoms with Crippen molar-refractivity contribution in [1.82, 2.24) is 9.55 Å². The SMILES string of the molecule is O=C(CSc1nc(=O)n(C[C@H]2CCCO2)c2c1CCC2)Nc1ccccc1[N+](=O)[O-]. The van der Waals surface area contributed by atoms with Gasteiger partial charge in [0.2, 0.25) is 5.91 Å². The van der Waals surface area contributed by atoms with Crippen molar-refractivity contribution in [2.45, 2.75) is 49.8 Å². The van der Waals surface area contributed by atoms with E-state index in [1.165, 1.54) is 23.9 Å². The van der Waals surface area contributed by atoms with E-state index in [4.69, 9.17) is 4.74 Å². The van der Waals surface area contributed by atoms with Crippen molar-refractivity contribution in [1.29, 1.82) is 0 Å². The summed E-state index contributed by atoms with van der Waals surface area (Å²) in [7, 11) is 0. The first-order valence-electron chi connectivity index (χ1n) is 9.93. The van der Waals surface area contributed by atoms with Gasteiger partial charge in [0.05, 0.1) is 23.3 Å². The van der Waals surface area contributed by atoms with Gasteiger partial charge in [0.15, 0.2) is 0 Å². The Labute approximate surface area is 177 Å². The highest BCUT2D eigenvalue weighted by Crippen LogP contribution is 2.30. The van der Waals surface area contributed by atoms with Crippen molar-refractivity contribution in [3.8, 4) is 0 Å². The van der Waals surface area contributed by atoms with Crippen LogP contribution in [0.15, 0.2) is 34.1 Å². The standard InChI is InChI=1S/C20H22N4O5S/c25-18(21-15-7-1-2-8-17(15)24(27)28)12-30-19-14-6-3-9-16(14)23(20(26)22-19)11-13-5-4-10-29-13/h1-2,7-8,13H,3-6,9-12H2,(H,21,25)/t13-/m1/s1. The second-order valence-electron chi connectivity index (χ2n) is 7.34. The Hall–Kier alpha value is -2.72. The van der Waals surface area contributed by atoms with Gasteiger partial charge in [-0.05, 0) is 38.2 Å². The molecule has 1 aliphatic heterocycles. The number of aromatic nitrogens is 2. The Bertz CT molecular complexity index is 1030. The van der Waals surface area contributed by atoms with Crippen LogP contribution in [0.1, 0.15) is 30.5 Å². The van der Waals surface area contributed by atoms with Crippen LogP contribution in [0, 0.1) is 10.1 Å². The smallest absolute Gasteiger partial charge is 0.348 e. The van der Waals surface area contributed by atoms with Crippen molar-refractivity contribution < 1.29 is 14.5 Å². The van der Waals surface area contributed by atoms with E-state index in [2.05, 4.69) is 10.3 Å². The number of thioether (sulfide) groups is 1. The minimum atomic E-state index is -0.537. The first-order valence-corrected chi connectivity index (χ1v) is 10.9. The van der Waals surface area contributed by atoms with E-state index in [1.54, 1.807) is 16.7 Å². The molecule has 2 heterocycles. The van der Waals surface area contributed by atoms with Gasteiger partial charge >= 0.3 is 5.69 Å². The van der Waals surface area contributed by atoms with Gasteiger partial charge in [0.25, 0.3) is 5.69 Å². The molecule has 2 aliphatic rings. The molecule has 9 nitrogen and oxygen atoms in total. The van der Waals surface area contributed by atoms with Crippen molar-refractivity contribution >= 4 is 29.0 Å². The summed E-state index contributed by atoms with van der Waals surface area (Å²) in [4.78, 5) is 39.8. The fourth-order valence-electron chi connectivity index (χ4n) is 3.94. The number of para-hydroxylation sites is 2. The van der Waals surface area contributed by atoms with Gasteiger partial charge in [-0.2, -0.15) is 4.98 Å². The molecule has 158 valence electrons. The Morgan fingerprint density at radius 2 is 2.17 bits per heavy atom. The second-order valence-corrected chi connectivity index (χ2v) is 8.30. The maximum Gasteiger partial charge on any atom is 0.348 e. The maximum atomic E-state index is 12.7. The van der Waals surface area contributed by atoms with Gasteiger partial charge in [-0.15, -0.1) is 0 Å². The van der Waals surface area contributed by atoms with Gasteiger partial charge in [0.1, 0.15) is 10.7 Å². The average Bonchev–Trinajstić information content (AvgIpc) is 3.41. The Morgan fingerprint density at radius 1 is 1.33 bits per heavy atom. The number of carbonyl (C=O) groups is 1. The van der Waals surface area contributed by atoms with Crippen LogP contribution in [0.5, 0.6) is 0 Å². The molecule has 1 atom stereocenters. The molecule has 1 aromatic carbocycles. The largest absolute Gasteiger partial charge is 0.376 e. The monoisotopic (exact) mass is 430 g/mol. The number of fused-ring (bicyclic) bond motifs is 1. The zero-order valence-electron chi connectivity index (χ0n) is 16.3. The van der Waals surface area contributed by atoms with Gasteiger partial charge in [0, 0.05) is 23.9 Å². The highest BCUT2D eigenvalue weighted by Gasteiger charge is 2.25. The van der Waals surface area contributed by atoms with E-state index in [9.17, 15) is 19.7 Å². The zero-order valence-corrected chi connectivity index (χ0v) is 17.2. The summed E-state index contributed by atoms with van der Waals surface area (Å²) in [6.45, 7) is 1.26. The van der Waals surface area contributed by atoms with Crippen molar-refractivity contribution in [2.75, 3.05) is 17.7 Å². The molecule has 0 radical (unpaired) electrons. The van der Waals surface area contributed by atoms with Crippen LogP contribution < -0.4 is 11.0 Å². The molecule has 1 saturated heterocycles. The Kier molecular flexibility index (Phi) is 6.14. The van der Waals surface area contributed by atoms with E-state index in [-0.39, 0.29) is 34.8 Å². The van der Waals surface area contributed by atoms with E-state index in [0.29, 0.717) is 11.6 Å². The number of nitrogens with zero attached hydrogens (tertiary/aromatic N) is 3. The summed E-state index contributed by atoms with van der Waals surface area (Å²) in [5.41, 5.74) is 1.70. The number of anilines is 1. The molecular weight excluding hydrogens is 408 g/mol. The number of hydrogen-bond donors (Lipinski definition) is 1. The topological polar surface area (TPSA) is 116 Å². The van der Waals surface area contributed by atoms with E-state index < -0.39 is 4.92 Å². The number of nitrogens with one attached hydrogen (secondary N) is 1. The van der Waals surface area contributed by atoms with Gasteiger partial charge in [-0.1, -0.05) is 23.9 Å². The molecule has 1 aliphatic carbocycles. The summed E-state index contributed by atoms with van der Waals surface area (Å²) in [6.07, 6.45) is 4.60. The Balaban J connectivity index is 1.47. The molecule has 1 N–H and O–H groups in total. The van der Waals surface area contributed by atoms with Crippen LogP contribution in [-0.4, -0.2) is 38.8 Å². The van der Waals surface area contributed by atoms with Crippen LogP contribution in [0.4, 0.5) is 11.4 Å². The molecule has 10 heteroatoms. The summed E-state index contributed by atoms with van der Waals surface area (Å²) in [5, 5.41) is 14.2. The number of ether oxygens (including phenoxy) is 1. The molecule has 30 heavy (non-hydrogen) atoms. The van der Waals surface area contributed by atoms with Crippen molar-refractivity contribution in [2.24, 2.45) is 0 Å². The van der Waals surface area contributed by atoms with E-state index in [0.717, 1.165) is 50.0 Å². The van der Waals surface area contributed by atoms with Gasteiger partial charge in [-0.3, -0.25) is 19.5 Å². The number of nitro benzene ring substituents is 1. The number of hydrogen-bond acceptors (Lipinski definition) is 7. The third-order valence-electron chi connectivity index (χ3n) is 5.33. The first kappa shape index (κ1) is 20.5. The Morgan fingerprint density at radius 3 is 2.93 bits per heavy atom. The summed E-state index contributed by atoms with van der Waals surface area (Å²) in [5.74, 6) is -0.368. The number of carbonyl (C=O) groups excluding carboxylic acids is 1. The number of nitro groups is 1. The lowest BCUT2D eigenvalue weighted by molar-refractivity contribution is -0.383. The predicted octanol–water partition coefficient (Wildman–Crippen LogP) is 2.55. The molecule has 0 bridgehead atoms. The summed E-state index contributed by atoms with van der Waals surface area (Å²) in [6, 6.07) is 5.99. The maximum absolute atomic E-state index is 12.7. The third-order valence-corrected chi connectivity index (χ3v) is 6.34. The minimum Gasteiger partial charge on any atom is -0.376 e.